The second-order valence-corrected chi connectivity index (χ2v) is 7.39. The summed E-state index contributed by atoms with van der Waals surface area (Å²) >= 11 is 0. The Morgan fingerprint density at radius 3 is 2.32 bits per heavy atom. The number of fused-ring (bicyclic) bond motifs is 1. The second kappa shape index (κ2) is 7.66. The summed E-state index contributed by atoms with van der Waals surface area (Å²) in [5.41, 5.74) is 3.47. The van der Waals surface area contributed by atoms with E-state index >= 15 is 0 Å². The minimum Gasteiger partial charge on any atom is -0.496 e. The fourth-order valence-corrected chi connectivity index (χ4v) is 4.20. The Morgan fingerprint density at radius 1 is 0.964 bits per heavy atom. The van der Waals surface area contributed by atoms with Crippen molar-refractivity contribution < 1.29 is 14.3 Å². The zero-order chi connectivity index (χ0) is 19.7. The van der Waals surface area contributed by atoms with Crippen LogP contribution in [0.2, 0.25) is 0 Å². The number of amides is 2. The van der Waals surface area contributed by atoms with Crippen LogP contribution in [0.1, 0.15) is 44.9 Å². The summed E-state index contributed by atoms with van der Waals surface area (Å²) in [7, 11) is 3.42. The molecule has 1 aromatic carbocycles. The molecule has 0 atom stereocenters. The number of rotatable bonds is 3. The zero-order valence-electron chi connectivity index (χ0n) is 16.5. The van der Waals surface area contributed by atoms with Crippen molar-refractivity contribution in [3.8, 4) is 5.75 Å². The van der Waals surface area contributed by atoms with Gasteiger partial charge in [0.25, 0.3) is 11.8 Å². The highest BCUT2D eigenvalue weighted by atomic mass is 16.5. The minimum absolute atomic E-state index is 0.0301. The Morgan fingerprint density at radius 2 is 1.61 bits per heavy atom. The maximum Gasteiger partial charge on any atom is 0.272 e. The van der Waals surface area contributed by atoms with E-state index in [1.54, 1.807) is 28.8 Å². The summed E-state index contributed by atoms with van der Waals surface area (Å²) in [4.78, 5) is 29.6. The smallest absolute Gasteiger partial charge is 0.272 e. The quantitative estimate of drug-likeness (QED) is 0.813. The minimum atomic E-state index is -0.0533. The molecule has 2 aliphatic rings. The van der Waals surface area contributed by atoms with Crippen molar-refractivity contribution in [3.63, 3.8) is 0 Å². The van der Waals surface area contributed by atoms with E-state index in [9.17, 15) is 9.59 Å². The summed E-state index contributed by atoms with van der Waals surface area (Å²) in [5.74, 6) is 0.553. The molecule has 1 aliphatic heterocycles. The number of aromatic nitrogens is 2. The first kappa shape index (κ1) is 18.5. The fraction of sp³-hybridized carbons (Fsp3) is 0.476. The van der Waals surface area contributed by atoms with Gasteiger partial charge in [-0.1, -0.05) is 12.1 Å². The van der Waals surface area contributed by atoms with Crippen molar-refractivity contribution in [3.05, 3.63) is 46.8 Å². The lowest BCUT2D eigenvalue weighted by Gasteiger charge is -2.35. The molecule has 1 aromatic heterocycles. The van der Waals surface area contributed by atoms with Gasteiger partial charge in [0.05, 0.1) is 18.4 Å². The van der Waals surface area contributed by atoms with Crippen LogP contribution in [0.25, 0.3) is 0 Å². The Kier molecular flexibility index (Phi) is 5.07. The molecule has 2 amide bonds. The standard InChI is InChI=1S/C21H26N4O3/c1-23-19(15-7-3-5-9-17(15)22-23)21(27)25-13-11-24(12-14-25)20(26)16-8-4-6-10-18(16)28-2/h4,6,8,10H,3,5,7,9,11-14H2,1-2H3. The van der Waals surface area contributed by atoms with E-state index in [1.807, 2.05) is 24.1 Å². The number of methoxy groups -OCH3 is 1. The Balaban J connectivity index is 1.45. The van der Waals surface area contributed by atoms with Crippen molar-refractivity contribution in [2.24, 2.45) is 7.05 Å². The third-order valence-electron chi connectivity index (χ3n) is 5.71. The number of carbonyl (C=O) groups is 2. The molecule has 2 heterocycles. The number of hydrogen-bond donors (Lipinski definition) is 0. The summed E-state index contributed by atoms with van der Waals surface area (Å²) < 4.78 is 7.05. The van der Waals surface area contributed by atoms with E-state index in [1.165, 1.54) is 0 Å². The summed E-state index contributed by atoms with van der Waals surface area (Å²) in [6.07, 6.45) is 4.13. The van der Waals surface area contributed by atoms with E-state index in [0.29, 0.717) is 37.5 Å². The number of nitrogens with zero attached hydrogens (tertiary/aromatic N) is 4. The maximum absolute atomic E-state index is 13.1. The van der Waals surface area contributed by atoms with Crippen LogP contribution in [0, 0.1) is 0 Å². The molecule has 7 nitrogen and oxygen atoms in total. The van der Waals surface area contributed by atoms with Crippen LogP contribution in [0.5, 0.6) is 5.75 Å². The first-order valence-electron chi connectivity index (χ1n) is 9.86. The topological polar surface area (TPSA) is 67.7 Å². The van der Waals surface area contributed by atoms with Crippen LogP contribution in [0.4, 0.5) is 0 Å². The predicted molar refractivity (Wildman–Crippen MR) is 105 cm³/mol. The Bertz CT molecular complexity index is 897. The van der Waals surface area contributed by atoms with E-state index in [2.05, 4.69) is 5.10 Å². The highest BCUT2D eigenvalue weighted by Gasteiger charge is 2.31. The average molecular weight is 382 g/mol. The summed E-state index contributed by atoms with van der Waals surface area (Å²) in [5, 5.41) is 4.56. The number of benzene rings is 1. The number of carbonyl (C=O) groups excluding carboxylic acids is 2. The molecular formula is C21H26N4O3. The molecule has 2 aromatic rings. The largest absolute Gasteiger partial charge is 0.496 e. The first-order chi connectivity index (χ1) is 13.6. The van der Waals surface area contributed by atoms with Gasteiger partial charge >= 0.3 is 0 Å². The van der Waals surface area contributed by atoms with Crippen LogP contribution < -0.4 is 4.74 Å². The van der Waals surface area contributed by atoms with Gasteiger partial charge in [0.15, 0.2) is 0 Å². The highest BCUT2D eigenvalue weighted by Crippen LogP contribution is 2.25. The van der Waals surface area contributed by atoms with Gasteiger partial charge in [-0.3, -0.25) is 14.3 Å². The average Bonchev–Trinajstić information content (AvgIpc) is 3.08. The van der Waals surface area contributed by atoms with Crippen molar-refractivity contribution in [1.82, 2.24) is 19.6 Å². The lowest BCUT2D eigenvalue weighted by atomic mass is 9.95. The van der Waals surface area contributed by atoms with Gasteiger partial charge in [-0.25, -0.2) is 0 Å². The van der Waals surface area contributed by atoms with Crippen molar-refractivity contribution in [2.45, 2.75) is 25.7 Å². The van der Waals surface area contributed by atoms with Crippen LogP contribution in [-0.4, -0.2) is 64.7 Å². The lowest BCUT2D eigenvalue weighted by Crippen LogP contribution is -2.51. The number of piperazine rings is 1. The molecule has 4 rings (SSSR count). The maximum atomic E-state index is 13.1. The van der Waals surface area contributed by atoms with Crippen LogP contribution >= 0.6 is 0 Å². The molecule has 28 heavy (non-hydrogen) atoms. The second-order valence-electron chi connectivity index (χ2n) is 7.39. The molecule has 0 bridgehead atoms. The molecule has 1 saturated heterocycles. The highest BCUT2D eigenvalue weighted by molar-refractivity contribution is 5.97. The van der Waals surface area contributed by atoms with Gasteiger partial charge in [-0.2, -0.15) is 5.10 Å². The molecule has 0 saturated carbocycles. The monoisotopic (exact) mass is 382 g/mol. The number of aryl methyl sites for hydroxylation is 2. The third kappa shape index (κ3) is 3.25. The van der Waals surface area contributed by atoms with E-state index in [-0.39, 0.29) is 11.8 Å². The van der Waals surface area contributed by atoms with Crippen LogP contribution in [-0.2, 0) is 19.9 Å². The van der Waals surface area contributed by atoms with Gasteiger partial charge in [0, 0.05) is 38.8 Å². The number of hydrogen-bond acceptors (Lipinski definition) is 4. The molecule has 1 aliphatic carbocycles. The van der Waals surface area contributed by atoms with Gasteiger partial charge in [0.2, 0.25) is 0 Å². The SMILES string of the molecule is COc1ccccc1C(=O)N1CCN(C(=O)c2c3c(nn2C)CCCC3)CC1. The third-order valence-corrected chi connectivity index (χ3v) is 5.71. The van der Waals surface area contributed by atoms with Gasteiger partial charge < -0.3 is 14.5 Å². The van der Waals surface area contributed by atoms with E-state index in [0.717, 1.165) is 42.6 Å². The van der Waals surface area contributed by atoms with Crippen molar-refractivity contribution >= 4 is 11.8 Å². The Labute approximate surface area is 164 Å². The van der Waals surface area contributed by atoms with E-state index < -0.39 is 0 Å². The predicted octanol–water partition coefficient (Wildman–Crippen LogP) is 1.91. The molecule has 7 heteroatoms. The van der Waals surface area contributed by atoms with Crippen molar-refractivity contribution in [2.75, 3.05) is 33.3 Å². The molecule has 1 fully saturated rings. The normalized spacial score (nSPS) is 16.6. The summed E-state index contributed by atoms with van der Waals surface area (Å²) in [6.45, 7) is 2.09. The molecular weight excluding hydrogens is 356 g/mol. The number of para-hydroxylation sites is 1. The van der Waals surface area contributed by atoms with Crippen molar-refractivity contribution in [1.29, 1.82) is 0 Å². The van der Waals surface area contributed by atoms with Gasteiger partial charge in [0.1, 0.15) is 11.4 Å². The molecule has 0 unspecified atom stereocenters. The molecule has 0 spiro atoms. The number of ether oxygens (including phenoxy) is 1. The van der Waals surface area contributed by atoms with Gasteiger partial charge in [-0.05, 0) is 37.8 Å². The lowest BCUT2D eigenvalue weighted by molar-refractivity contribution is 0.0527. The molecule has 148 valence electrons. The van der Waals surface area contributed by atoms with Crippen LogP contribution in [0.3, 0.4) is 0 Å². The van der Waals surface area contributed by atoms with Gasteiger partial charge in [-0.15, -0.1) is 0 Å². The zero-order valence-corrected chi connectivity index (χ0v) is 16.5. The Hall–Kier alpha value is -2.83. The van der Waals surface area contributed by atoms with E-state index in [4.69, 9.17) is 4.74 Å². The summed E-state index contributed by atoms with van der Waals surface area (Å²) in [6, 6.07) is 7.25. The fourth-order valence-electron chi connectivity index (χ4n) is 4.20. The first-order valence-corrected chi connectivity index (χ1v) is 9.86. The van der Waals surface area contributed by atoms with Crippen LogP contribution in [0.15, 0.2) is 24.3 Å². The molecule has 0 N–H and O–H groups in total. The molecule has 0 radical (unpaired) electrons.